The number of fused-ring (bicyclic) bond motifs is 1. The minimum Gasteiger partial charge on any atom is -0.383 e. The van der Waals surface area contributed by atoms with Gasteiger partial charge in [0.2, 0.25) is 0 Å². The predicted molar refractivity (Wildman–Crippen MR) is 71.6 cm³/mol. The third-order valence-corrected chi connectivity index (χ3v) is 3.05. The summed E-state index contributed by atoms with van der Waals surface area (Å²) >= 11 is 0. The standard InChI is InChI=1S/C13H14FN5/c1-2-5-9-11-12(15)16-17-13(11)19(18-9)10-7-4-3-6-8(10)14/h3-4,6-7H,2,5H2,1H3,(H3,15,16,17). The molecular weight excluding hydrogens is 245 g/mol. The maximum atomic E-state index is 13.9. The summed E-state index contributed by atoms with van der Waals surface area (Å²) in [5.41, 5.74) is 7.65. The van der Waals surface area contributed by atoms with E-state index in [1.807, 2.05) is 0 Å². The van der Waals surface area contributed by atoms with E-state index in [2.05, 4.69) is 22.2 Å². The van der Waals surface area contributed by atoms with Crippen LogP contribution in [0.3, 0.4) is 0 Å². The Hall–Kier alpha value is -2.37. The number of H-pyrrole nitrogens is 1. The molecule has 0 aliphatic carbocycles. The predicted octanol–water partition coefficient (Wildman–Crippen LogP) is 2.42. The number of nitrogens with zero attached hydrogens (tertiary/aromatic N) is 3. The lowest BCUT2D eigenvalue weighted by atomic mass is 10.2. The number of aryl methyl sites for hydroxylation is 1. The largest absolute Gasteiger partial charge is 0.383 e. The molecule has 2 aromatic heterocycles. The molecule has 0 saturated carbocycles. The molecule has 5 nitrogen and oxygen atoms in total. The van der Waals surface area contributed by atoms with Crippen LogP contribution >= 0.6 is 0 Å². The van der Waals surface area contributed by atoms with E-state index in [1.165, 1.54) is 10.7 Å². The lowest BCUT2D eigenvalue weighted by molar-refractivity contribution is 0.611. The SMILES string of the molecule is CCCc1nn(-c2ccccc2F)c2n[nH]c(N)c12. The average molecular weight is 259 g/mol. The topological polar surface area (TPSA) is 72.5 Å². The second kappa shape index (κ2) is 4.38. The first kappa shape index (κ1) is 11.7. The number of rotatable bonds is 3. The Morgan fingerprint density at radius 1 is 1.37 bits per heavy atom. The van der Waals surface area contributed by atoms with Crippen molar-refractivity contribution in [3.63, 3.8) is 0 Å². The summed E-state index contributed by atoms with van der Waals surface area (Å²) in [4.78, 5) is 0. The molecule has 6 heteroatoms. The van der Waals surface area contributed by atoms with Crippen LogP contribution in [0.4, 0.5) is 10.2 Å². The molecule has 3 N–H and O–H groups in total. The van der Waals surface area contributed by atoms with Crippen LogP contribution < -0.4 is 5.73 Å². The Kier molecular flexibility index (Phi) is 2.70. The fourth-order valence-electron chi connectivity index (χ4n) is 2.20. The van der Waals surface area contributed by atoms with Crippen molar-refractivity contribution >= 4 is 16.9 Å². The molecule has 0 aliphatic heterocycles. The van der Waals surface area contributed by atoms with Crippen molar-refractivity contribution in [1.29, 1.82) is 0 Å². The van der Waals surface area contributed by atoms with Crippen molar-refractivity contribution in [3.8, 4) is 5.69 Å². The number of hydrogen-bond donors (Lipinski definition) is 2. The monoisotopic (exact) mass is 259 g/mol. The van der Waals surface area contributed by atoms with Gasteiger partial charge >= 0.3 is 0 Å². The summed E-state index contributed by atoms with van der Waals surface area (Å²) < 4.78 is 15.4. The number of anilines is 1. The van der Waals surface area contributed by atoms with Gasteiger partial charge < -0.3 is 5.73 Å². The van der Waals surface area contributed by atoms with E-state index in [4.69, 9.17) is 5.73 Å². The number of para-hydroxylation sites is 1. The molecule has 0 atom stereocenters. The van der Waals surface area contributed by atoms with Gasteiger partial charge in [-0.15, -0.1) is 0 Å². The lowest BCUT2D eigenvalue weighted by Gasteiger charge is -2.02. The molecule has 0 amide bonds. The van der Waals surface area contributed by atoms with Gasteiger partial charge in [-0.25, -0.2) is 9.07 Å². The molecule has 0 unspecified atom stereocenters. The smallest absolute Gasteiger partial charge is 0.186 e. The first-order valence-electron chi connectivity index (χ1n) is 6.18. The zero-order valence-corrected chi connectivity index (χ0v) is 10.5. The third-order valence-electron chi connectivity index (χ3n) is 3.05. The van der Waals surface area contributed by atoms with Crippen LogP contribution in [0.5, 0.6) is 0 Å². The molecule has 0 radical (unpaired) electrons. The van der Waals surface area contributed by atoms with Gasteiger partial charge in [0.15, 0.2) is 5.65 Å². The summed E-state index contributed by atoms with van der Waals surface area (Å²) in [5, 5.41) is 12.1. The molecule has 3 rings (SSSR count). The Labute approximate surface area is 109 Å². The number of benzene rings is 1. The molecule has 0 aliphatic rings. The first-order chi connectivity index (χ1) is 9.22. The van der Waals surface area contributed by atoms with Gasteiger partial charge in [-0.3, -0.25) is 5.10 Å². The normalized spacial score (nSPS) is 11.3. The summed E-state index contributed by atoms with van der Waals surface area (Å²) in [7, 11) is 0. The van der Waals surface area contributed by atoms with Crippen LogP contribution in [-0.4, -0.2) is 20.0 Å². The summed E-state index contributed by atoms with van der Waals surface area (Å²) in [5.74, 6) is 0.137. The van der Waals surface area contributed by atoms with E-state index in [0.29, 0.717) is 17.2 Å². The third kappa shape index (κ3) is 1.76. The van der Waals surface area contributed by atoms with Crippen molar-refractivity contribution in [2.45, 2.75) is 19.8 Å². The Morgan fingerprint density at radius 3 is 2.89 bits per heavy atom. The minimum absolute atomic E-state index is 0.337. The van der Waals surface area contributed by atoms with Gasteiger partial charge in [-0.1, -0.05) is 25.5 Å². The molecule has 1 aromatic carbocycles. The van der Waals surface area contributed by atoms with E-state index in [1.54, 1.807) is 18.2 Å². The van der Waals surface area contributed by atoms with E-state index >= 15 is 0 Å². The molecule has 98 valence electrons. The maximum Gasteiger partial charge on any atom is 0.186 e. The molecular formula is C13H14FN5. The number of nitrogens with two attached hydrogens (primary N) is 1. The van der Waals surface area contributed by atoms with E-state index in [0.717, 1.165) is 23.9 Å². The van der Waals surface area contributed by atoms with Gasteiger partial charge in [0.25, 0.3) is 0 Å². The average Bonchev–Trinajstić information content (AvgIpc) is 2.93. The van der Waals surface area contributed by atoms with Gasteiger partial charge in [0.1, 0.15) is 17.3 Å². The number of halogens is 1. The molecule has 3 aromatic rings. The Bertz CT molecular complexity index is 728. The van der Waals surface area contributed by atoms with E-state index in [-0.39, 0.29) is 5.82 Å². The van der Waals surface area contributed by atoms with Crippen LogP contribution in [0.1, 0.15) is 19.0 Å². The molecule has 0 saturated heterocycles. The number of hydrogen-bond acceptors (Lipinski definition) is 3. The van der Waals surface area contributed by atoms with Crippen molar-refractivity contribution in [1.82, 2.24) is 20.0 Å². The number of nitrogen functional groups attached to an aromatic ring is 1. The quantitative estimate of drug-likeness (QED) is 0.758. The van der Waals surface area contributed by atoms with E-state index < -0.39 is 0 Å². The summed E-state index contributed by atoms with van der Waals surface area (Å²) in [6, 6.07) is 6.48. The van der Waals surface area contributed by atoms with Crippen LogP contribution in [0.15, 0.2) is 24.3 Å². The van der Waals surface area contributed by atoms with E-state index in [9.17, 15) is 4.39 Å². The zero-order valence-electron chi connectivity index (χ0n) is 10.5. The first-order valence-corrected chi connectivity index (χ1v) is 6.18. The van der Waals surface area contributed by atoms with Gasteiger partial charge in [0.05, 0.1) is 11.1 Å². The molecule has 0 spiro atoms. The number of aromatic nitrogens is 4. The van der Waals surface area contributed by atoms with Crippen molar-refractivity contribution in [2.75, 3.05) is 5.73 Å². The highest BCUT2D eigenvalue weighted by Crippen LogP contribution is 2.26. The van der Waals surface area contributed by atoms with Crippen LogP contribution in [0, 0.1) is 5.82 Å². The minimum atomic E-state index is -0.337. The Balaban J connectivity index is 2.28. The summed E-state index contributed by atoms with van der Waals surface area (Å²) in [6.45, 7) is 2.06. The van der Waals surface area contributed by atoms with Gasteiger partial charge in [-0.2, -0.15) is 10.2 Å². The highest BCUT2D eigenvalue weighted by atomic mass is 19.1. The fraction of sp³-hybridized carbons (Fsp3) is 0.231. The second-order valence-electron chi connectivity index (χ2n) is 4.40. The van der Waals surface area contributed by atoms with Crippen LogP contribution in [-0.2, 0) is 6.42 Å². The number of aromatic amines is 1. The highest BCUT2D eigenvalue weighted by Gasteiger charge is 2.18. The fourth-order valence-corrected chi connectivity index (χ4v) is 2.20. The summed E-state index contributed by atoms with van der Waals surface area (Å²) in [6.07, 6.45) is 1.72. The molecule has 0 bridgehead atoms. The highest BCUT2D eigenvalue weighted by molar-refractivity contribution is 5.89. The Morgan fingerprint density at radius 2 is 2.16 bits per heavy atom. The van der Waals surface area contributed by atoms with Gasteiger partial charge in [0, 0.05) is 0 Å². The van der Waals surface area contributed by atoms with Crippen LogP contribution in [0.2, 0.25) is 0 Å². The van der Waals surface area contributed by atoms with Gasteiger partial charge in [-0.05, 0) is 18.6 Å². The van der Waals surface area contributed by atoms with Crippen molar-refractivity contribution < 1.29 is 4.39 Å². The van der Waals surface area contributed by atoms with Crippen molar-refractivity contribution in [3.05, 3.63) is 35.8 Å². The second-order valence-corrected chi connectivity index (χ2v) is 4.40. The van der Waals surface area contributed by atoms with Crippen molar-refractivity contribution in [2.24, 2.45) is 0 Å². The molecule has 2 heterocycles. The van der Waals surface area contributed by atoms with Crippen LogP contribution in [0.25, 0.3) is 16.7 Å². The lowest BCUT2D eigenvalue weighted by Crippen LogP contribution is -2.01. The zero-order chi connectivity index (χ0) is 13.4. The number of nitrogens with one attached hydrogen (secondary N) is 1. The molecule has 0 fully saturated rings. The maximum absolute atomic E-state index is 13.9. The molecule has 19 heavy (non-hydrogen) atoms.